The van der Waals surface area contributed by atoms with Crippen molar-refractivity contribution in [2.24, 2.45) is 0 Å². The number of hydrogen-bond donors (Lipinski definition) is 2. The lowest BCUT2D eigenvalue weighted by Crippen LogP contribution is -2.70. The highest BCUT2D eigenvalue weighted by molar-refractivity contribution is 8.00. The number of halogens is 3. The number of β-lactam (4-membered cyclic amide) rings is 1. The van der Waals surface area contributed by atoms with Gasteiger partial charge in [0.15, 0.2) is 0 Å². The number of aliphatic carboxylic acids is 1. The quantitative estimate of drug-likeness (QED) is 0.524. The summed E-state index contributed by atoms with van der Waals surface area (Å²) in [5.41, 5.74) is -1.03. The highest BCUT2D eigenvalue weighted by Crippen LogP contribution is 2.40. The van der Waals surface area contributed by atoms with Crippen molar-refractivity contribution >= 4 is 35.5 Å². The summed E-state index contributed by atoms with van der Waals surface area (Å²) in [6.45, 7) is 0.893. The van der Waals surface area contributed by atoms with Crippen molar-refractivity contribution in [3.05, 3.63) is 46.7 Å². The van der Waals surface area contributed by atoms with E-state index in [1.165, 1.54) is 18.7 Å². The zero-order chi connectivity index (χ0) is 22.2. The van der Waals surface area contributed by atoms with Gasteiger partial charge in [-0.2, -0.15) is 13.2 Å². The molecule has 2 aliphatic heterocycles. The molecule has 1 fully saturated rings. The topological polar surface area (TPSA) is 113 Å². The average molecular weight is 444 g/mol. The number of amides is 2. The molecule has 0 bridgehead atoms. The summed E-state index contributed by atoms with van der Waals surface area (Å²) in [7, 11) is 0. The molecule has 160 valence electrons. The maximum atomic E-state index is 12.6. The summed E-state index contributed by atoms with van der Waals surface area (Å²) in [5, 5.41) is 11.2. The molecule has 30 heavy (non-hydrogen) atoms. The van der Waals surface area contributed by atoms with Crippen LogP contribution in [0.5, 0.6) is 0 Å². The van der Waals surface area contributed by atoms with Crippen molar-refractivity contribution in [3.8, 4) is 0 Å². The standard InChI is InChI=1S/C18H15F3N2O6S/c1-8(24)29-6-10-7-30-16-12(15(26)23(16)13(10)17(27)28)22-14(25)9-2-4-11(5-3-9)18(19,20)21/h2-5,12,16H,6-7H2,1H3,(H,22,25)(H,27,28). The second-order valence-electron chi connectivity index (χ2n) is 6.47. The summed E-state index contributed by atoms with van der Waals surface area (Å²) in [4.78, 5) is 48.4. The number of ether oxygens (including phenoxy) is 1. The molecule has 0 radical (unpaired) electrons. The van der Waals surface area contributed by atoms with E-state index >= 15 is 0 Å². The van der Waals surface area contributed by atoms with Crippen LogP contribution in [0.1, 0.15) is 22.8 Å². The Morgan fingerprint density at radius 2 is 1.90 bits per heavy atom. The Bertz CT molecular complexity index is 944. The van der Waals surface area contributed by atoms with Crippen molar-refractivity contribution in [1.82, 2.24) is 10.2 Å². The lowest BCUT2D eigenvalue weighted by Gasteiger charge is -2.49. The van der Waals surface area contributed by atoms with Crippen molar-refractivity contribution in [3.63, 3.8) is 0 Å². The average Bonchev–Trinajstić information content (AvgIpc) is 2.68. The molecule has 2 amide bonds. The normalized spacial score (nSPS) is 20.9. The zero-order valence-corrected chi connectivity index (χ0v) is 16.2. The fourth-order valence-corrected chi connectivity index (χ4v) is 4.35. The molecule has 1 aromatic rings. The van der Waals surface area contributed by atoms with E-state index in [1.54, 1.807) is 0 Å². The van der Waals surface area contributed by atoms with Crippen LogP contribution in [-0.2, 0) is 25.3 Å². The molecule has 2 N–H and O–H groups in total. The van der Waals surface area contributed by atoms with E-state index in [9.17, 15) is 37.5 Å². The van der Waals surface area contributed by atoms with Gasteiger partial charge in [-0.1, -0.05) is 0 Å². The minimum Gasteiger partial charge on any atom is -0.477 e. The maximum absolute atomic E-state index is 12.6. The van der Waals surface area contributed by atoms with Gasteiger partial charge in [-0.05, 0) is 24.3 Å². The van der Waals surface area contributed by atoms with Crippen molar-refractivity contribution < 1.29 is 42.2 Å². The van der Waals surface area contributed by atoms with Gasteiger partial charge in [0.05, 0.1) is 5.56 Å². The second-order valence-corrected chi connectivity index (χ2v) is 7.58. The molecule has 0 aromatic heterocycles. The fraction of sp³-hybridized carbons (Fsp3) is 0.333. The van der Waals surface area contributed by atoms with Gasteiger partial charge < -0.3 is 15.2 Å². The Balaban J connectivity index is 1.72. The summed E-state index contributed by atoms with van der Waals surface area (Å²) in [6, 6.07) is 2.46. The number of alkyl halides is 3. The number of nitrogens with one attached hydrogen (secondary N) is 1. The van der Waals surface area contributed by atoms with Gasteiger partial charge in [-0.15, -0.1) is 11.8 Å². The number of hydrogen-bond acceptors (Lipinski definition) is 6. The summed E-state index contributed by atoms with van der Waals surface area (Å²) in [6.07, 6.45) is -4.54. The van der Waals surface area contributed by atoms with Crippen LogP contribution in [0.15, 0.2) is 35.5 Å². The molecule has 0 saturated carbocycles. The van der Waals surface area contributed by atoms with Crippen LogP contribution in [0.3, 0.4) is 0 Å². The van der Waals surface area contributed by atoms with E-state index in [4.69, 9.17) is 4.74 Å². The van der Waals surface area contributed by atoms with Gasteiger partial charge in [0.25, 0.3) is 11.8 Å². The molecular formula is C18H15F3N2O6S. The number of benzene rings is 1. The lowest BCUT2D eigenvalue weighted by atomic mass is 10.0. The predicted molar refractivity (Wildman–Crippen MR) is 97.1 cm³/mol. The van der Waals surface area contributed by atoms with E-state index in [1.807, 2.05) is 0 Å². The Hall–Kier alpha value is -3.02. The molecule has 2 aliphatic rings. The maximum Gasteiger partial charge on any atom is 0.416 e. The lowest BCUT2D eigenvalue weighted by molar-refractivity contribution is -0.149. The minimum absolute atomic E-state index is 0.0698. The highest BCUT2D eigenvalue weighted by atomic mass is 32.2. The number of rotatable bonds is 5. The van der Waals surface area contributed by atoms with Gasteiger partial charge in [-0.3, -0.25) is 19.3 Å². The molecule has 1 aromatic carbocycles. The van der Waals surface area contributed by atoms with Crippen molar-refractivity contribution in [2.75, 3.05) is 12.4 Å². The van der Waals surface area contributed by atoms with Gasteiger partial charge in [0.1, 0.15) is 23.7 Å². The van der Waals surface area contributed by atoms with E-state index in [-0.39, 0.29) is 29.2 Å². The van der Waals surface area contributed by atoms with Crippen molar-refractivity contribution in [1.29, 1.82) is 0 Å². The first-order valence-electron chi connectivity index (χ1n) is 8.52. The largest absolute Gasteiger partial charge is 0.477 e. The van der Waals surface area contributed by atoms with Crippen LogP contribution >= 0.6 is 11.8 Å². The monoisotopic (exact) mass is 444 g/mol. The van der Waals surface area contributed by atoms with Crippen LogP contribution < -0.4 is 5.32 Å². The number of thioether (sulfide) groups is 1. The molecule has 0 aliphatic carbocycles. The number of carbonyl (C=O) groups excluding carboxylic acids is 3. The van der Waals surface area contributed by atoms with Crippen LogP contribution in [0, 0.1) is 0 Å². The van der Waals surface area contributed by atoms with E-state index < -0.39 is 46.9 Å². The molecule has 12 heteroatoms. The Kier molecular flexibility index (Phi) is 5.79. The predicted octanol–water partition coefficient (Wildman–Crippen LogP) is 1.62. The summed E-state index contributed by atoms with van der Waals surface area (Å²) in [5.74, 6) is -3.24. The molecule has 2 heterocycles. The number of carboxylic acid groups (broad SMARTS) is 1. The fourth-order valence-electron chi connectivity index (χ4n) is 3.02. The molecule has 0 spiro atoms. The van der Waals surface area contributed by atoms with E-state index in [0.29, 0.717) is 0 Å². The SMILES string of the molecule is CC(=O)OCC1=C(C(=O)O)N2C(=O)C(NC(=O)c3ccc(C(F)(F)F)cc3)C2SC1. The van der Waals surface area contributed by atoms with Crippen LogP contribution in [0.2, 0.25) is 0 Å². The van der Waals surface area contributed by atoms with E-state index in [0.717, 1.165) is 29.2 Å². The van der Waals surface area contributed by atoms with Crippen molar-refractivity contribution in [2.45, 2.75) is 24.5 Å². The molecule has 3 rings (SSSR count). The second kappa shape index (κ2) is 8.01. The third kappa shape index (κ3) is 4.13. The third-order valence-corrected chi connectivity index (χ3v) is 5.80. The third-order valence-electron chi connectivity index (χ3n) is 4.46. The molecule has 2 atom stereocenters. The zero-order valence-electron chi connectivity index (χ0n) is 15.4. The van der Waals surface area contributed by atoms with Crippen LogP contribution in [-0.4, -0.2) is 57.5 Å². The van der Waals surface area contributed by atoms with Gasteiger partial charge in [0, 0.05) is 23.8 Å². The number of carboxylic acids is 1. The first kappa shape index (κ1) is 21.7. The Labute approximate surface area is 172 Å². The molecular weight excluding hydrogens is 429 g/mol. The molecule has 1 saturated heterocycles. The Morgan fingerprint density at radius 3 is 2.43 bits per heavy atom. The van der Waals surface area contributed by atoms with Gasteiger partial charge in [-0.25, -0.2) is 4.79 Å². The first-order chi connectivity index (χ1) is 14.0. The number of esters is 1. The summed E-state index contributed by atoms with van der Waals surface area (Å²) >= 11 is 1.18. The summed E-state index contributed by atoms with van der Waals surface area (Å²) < 4.78 is 42.7. The molecule has 2 unspecified atom stereocenters. The number of nitrogens with zero attached hydrogens (tertiary/aromatic N) is 1. The van der Waals surface area contributed by atoms with E-state index in [2.05, 4.69) is 5.32 Å². The van der Waals surface area contributed by atoms with Crippen LogP contribution in [0.25, 0.3) is 0 Å². The van der Waals surface area contributed by atoms with Gasteiger partial charge >= 0.3 is 18.1 Å². The first-order valence-corrected chi connectivity index (χ1v) is 9.57. The Morgan fingerprint density at radius 1 is 1.27 bits per heavy atom. The number of carbonyl (C=O) groups is 4. The molecule has 8 nitrogen and oxygen atoms in total. The van der Waals surface area contributed by atoms with Gasteiger partial charge in [0.2, 0.25) is 0 Å². The number of fused-ring (bicyclic) bond motifs is 1. The van der Waals surface area contributed by atoms with Crippen LogP contribution in [0.4, 0.5) is 13.2 Å². The highest BCUT2D eigenvalue weighted by Gasteiger charge is 2.54. The minimum atomic E-state index is -4.54. The smallest absolute Gasteiger partial charge is 0.416 e.